The highest BCUT2D eigenvalue weighted by Gasteiger charge is 2.30. The van der Waals surface area contributed by atoms with Gasteiger partial charge in [-0.1, -0.05) is 19.1 Å². The molecule has 23 heavy (non-hydrogen) atoms. The van der Waals surface area contributed by atoms with Gasteiger partial charge in [0.2, 0.25) is 5.91 Å². The minimum Gasteiger partial charge on any atom is -0.481 e. The van der Waals surface area contributed by atoms with Gasteiger partial charge >= 0.3 is 5.97 Å². The third kappa shape index (κ3) is 6.78. The standard InChI is InChI=1S/C17H24FNO4/c1-12(7-8-13-5-4-6-14(18)9-13)16(22)19-17(2,11-23-3)10-15(20)21/h4-6,9,12H,7-8,10-11H2,1-3H3,(H,19,22)(H,20,21). The van der Waals surface area contributed by atoms with Gasteiger partial charge in [-0.2, -0.15) is 0 Å². The number of aliphatic carboxylic acids is 1. The third-order valence-electron chi connectivity index (χ3n) is 3.63. The number of carboxylic acid groups (broad SMARTS) is 1. The van der Waals surface area contributed by atoms with Crippen LogP contribution in [-0.2, 0) is 20.7 Å². The number of hydrogen-bond donors (Lipinski definition) is 2. The fraction of sp³-hybridized carbons (Fsp3) is 0.529. The number of carbonyl (C=O) groups excluding carboxylic acids is 1. The molecule has 2 unspecified atom stereocenters. The van der Waals surface area contributed by atoms with Gasteiger partial charge in [-0.05, 0) is 37.5 Å². The van der Waals surface area contributed by atoms with E-state index in [2.05, 4.69) is 5.32 Å². The molecular weight excluding hydrogens is 301 g/mol. The molecule has 1 rings (SSSR count). The fourth-order valence-corrected chi connectivity index (χ4v) is 2.41. The van der Waals surface area contributed by atoms with Crippen LogP contribution in [0.2, 0.25) is 0 Å². The van der Waals surface area contributed by atoms with E-state index in [9.17, 15) is 14.0 Å². The lowest BCUT2D eigenvalue weighted by molar-refractivity contribution is -0.140. The molecule has 0 heterocycles. The summed E-state index contributed by atoms with van der Waals surface area (Å²) in [6.07, 6.45) is 0.904. The SMILES string of the molecule is COCC(C)(CC(=O)O)NC(=O)C(C)CCc1cccc(F)c1. The van der Waals surface area contributed by atoms with E-state index >= 15 is 0 Å². The molecule has 2 N–H and O–H groups in total. The zero-order valence-corrected chi connectivity index (χ0v) is 13.8. The Morgan fingerprint density at radius 2 is 2.13 bits per heavy atom. The number of ether oxygens (including phenoxy) is 1. The zero-order chi connectivity index (χ0) is 17.5. The van der Waals surface area contributed by atoms with E-state index in [0.29, 0.717) is 12.8 Å². The molecule has 0 saturated carbocycles. The number of carbonyl (C=O) groups is 2. The van der Waals surface area contributed by atoms with Crippen LogP contribution in [0.25, 0.3) is 0 Å². The minimum absolute atomic E-state index is 0.113. The minimum atomic E-state index is -1.00. The highest BCUT2D eigenvalue weighted by atomic mass is 19.1. The molecule has 0 bridgehead atoms. The summed E-state index contributed by atoms with van der Waals surface area (Å²) in [4.78, 5) is 23.2. The average molecular weight is 325 g/mol. The number of nitrogens with one attached hydrogen (secondary N) is 1. The quantitative estimate of drug-likeness (QED) is 0.731. The van der Waals surface area contributed by atoms with Crippen LogP contribution in [0.4, 0.5) is 4.39 Å². The van der Waals surface area contributed by atoms with Gasteiger partial charge in [0.15, 0.2) is 0 Å². The van der Waals surface area contributed by atoms with Crippen molar-refractivity contribution in [1.29, 1.82) is 0 Å². The van der Waals surface area contributed by atoms with Gasteiger partial charge < -0.3 is 15.2 Å². The van der Waals surface area contributed by atoms with Gasteiger partial charge in [0.25, 0.3) is 0 Å². The highest BCUT2D eigenvalue weighted by Crippen LogP contribution is 2.15. The van der Waals surface area contributed by atoms with Crippen LogP contribution >= 0.6 is 0 Å². The van der Waals surface area contributed by atoms with Crippen molar-refractivity contribution < 1.29 is 23.8 Å². The van der Waals surface area contributed by atoms with Gasteiger partial charge in [0, 0.05) is 13.0 Å². The number of amides is 1. The molecule has 2 atom stereocenters. The molecule has 0 aromatic heterocycles. The monoisotopic (exact) mass is 325 g/mol. The van der Waals surface area contributed by atoms with Crippen LogP contribution in [0.1, 0.15) is 32.3 Å². The molecule has 5 nitrogen and oxygen atoms in total. The van der Waals surface area contributed by atoms with Crippen LogP contribution in [0.5, 0.6) is 0 Å². The Labute approximate surface area is 135 Å². The molecule has 0 fully saturated rings. The Bertz CT molecular complexity index is 549. The van der Waals surface area contributed by atoms with Crippen molar-refractivity contribution in [3.05, 3.63) is 35.6 Å². The maximum atomic E-state index is 13.1. The van der Waals surface area contributed by atoms with Gasteiger partial charge in [-0.15, -0.1) is 0 Å². The predicted octanol–water partition coefficient (Wildman–Crippen LogP) is 2.39. The van der Waals surface area contributed by atoms with Crippen molar-refractivity contribution >= 4 is 11.9 Å². The maximum Gasteiger partial charge on any atom is 0.305 e. The molecule has 0 aliphatic rings. The zero-order valence-electron chi connectivity index (χ0n) is 13.8. The van der Waals surface area contributed by atoms with E-state index in [1.54, 1.807) is 19.9 Å². The van der Waals surface area contributed by atoms with Crippen molar-refractivity contribution in [3.8, 4) is 0 Å². The fourth-order valence-electron chi connectivity index (χ4n) is 2.41. The second-order valence-electron chi connectivity index (χ2n) is 6.12. The van der Waals surface area contributed by atoms with Gasteiger partial charge in [-0.3, -0.25) is 9.59 Å². The van der Waals surface area contributed by atoms with E-state index in [1.807, 2.05) is 6.07 Å². The first kappa shape index (κ1) is 19.1. The molecule has 0 aliphatic carbocycles. The molecule has 0 saturated heterocycles. The smallest absolute Gasteiger partial charge is 0.305 e. The van der Waals surface area contributed by atoms with E-state index < -0.39 is 11.5 Å². The summed E-state index contributed by atoms with van der Waals surface area (Å²) >= 11 is 0. The molecule has 0 spiro atoms. The van der Waals surface area contributed by atoms with Crippen LogP contribution in [-0.4, -0.2) is 36.2 Å². The molecule has 1 aromatic rings. The highest BCUT2D eigenvalue weighted by molar-refractivity contribution is 5.80. The number of rotatable bonds is 9. The Balaban J connectivity index is 2.59. The molecule has 0 radical (unpaired) electrons. The second kappa shape index (κ2) is 8.62. The summed E-state index contributed by atoms with van der Waals surface area (Å²) in [6.45, 7) is 3.52. The van der Waals surface area contributed by atoms with Crippen LogP contribution < -0.4 is 5.32 Å². The number of aryl methyl sites for hydroxylation is 1. The Hall–Kier alpha value is -1.95. The number of carboxylic acids is 1. The summed E-state index contributed by atoms with van der Waals surface area (Å²) in [7, 11) is 1.46. The third-order valence-corrected chi connectivity index (χ3v) is 3.63. The van der Waals surface area contributed by atoms with E-state index in [-0.39, 0.29) is 30.7 Å². The lowest BCUT2D eigenvalue weighted by Gasteiger charge is -2.30. The Morgan fingerprint density at radius 3 is 2.70 bits per heavy atom. The molecule has 1 amide bonds. The first-order chi connectivity index (χ1) is 10.8. The largest absolute Gasteiger partial charge is 0.481 e. The molecule has 6 heteroatoms. The topological polar surface area (TPSA) is 75.6 Å². The summed E-state index contributed by atoms with van der Waals surface area (Å²) in [6, 6.07) is 6.27. The second-order valence-corrected chi connectivity index (χ2v) is 6.12. The first-order valence-corrected chi connectivity index (χ1v) is 7.53. The van der Waals surface area contributed by atoms with Crippen molar-refractivity contribution in [2.24, 2.45) is 5.92 Å². The first-order valence-electron chi connectivity index (χ1n) is 7.53. The molecular formula is C17H24FNO4. The van der Waals surface area contributed by atoms with Crippen molar-refractivity contribution in [2.45, 2.75) is 38.6 Å². The maximum absolute atomic E-state index is 13.1. The number of hydrogen-bond acceptors (Lipinski definition) is 3. The summed E-state index contributed by atoms with van der Waals surface area (Å²) in [5.74, 6) is -1.85. The number of halogens is 1. The number of methoxy groups -OCH3 is 1. The lowest BCUT2D eigenvalue weighted by atomic mass is 9.95. The summed E-state index contributed by atoms with van der Waals surface area (Å²) < 4.78 is 18.1. The van der Waals surface area contributed by atoms with Crippen molar-refractivity contribution in [2.75, 3.05) is 13.7 Å². The predicted molar refractivity (Wildman–Crippen MR) is 84.6 cm³/mol. The van der Waals surface area contributed by atoms with Crippen LogP contribution in [0.3, 0.4) is 0 Å². The van der Waals surface area contributed by atoms with E-state index in [1.165, 1.54) is 19.2 Å². The molecule has 128 valence electrons. The van der Waals surface area contributed by atoms with E-state index in [4.69, 9.17) is 9.84 Å². The molecule has 0 aliphatic heterocycles. The van der Waals surface area contributed by atoms with Gasteiger partial charge in [0.05, 0.1) is 18.6 Å². The Morgan fingerprint density at radius 1 is 1.43 bits per heavy atom. The molecule has 1 aromatic carbocycles. The number of benzene rings is 1. The van der Waals surface area contributed by atoms with Crippen LogP contribution in [0, 0.1) is 11.7 Å². The lowest BCUT2D eigenvalue weighted by Crippen LogP contribution is -2.52. The van der Waals surface area contributed by atoms with Crippen molar-refractivity contribution in [3.63, 3.8) is 0 Å². The summed E-state index contributed by atoms with van der Waals surface area (Å²) in [5, 5.41) is 11.7. The van der Waals surface area contributed by atoms with Crippen LogP contribution in [0.15, 0.2) is 24.3 Å². The Kier molecular flexibility index (Phi) is 7.16. The average Bonchev–Trinajstić information content (AvgIpc) is 2.43. The summed E-state index contributed by atoms with van der Waals surface area (Å²) in [5.41, 5.74) is -0.125. The van der Waals surface area contributed by atoms with Gasteiger partial charge in [0.1, 0.15) is 5.82 Å². The van der Waals surface area contributed by atoms with Gasteiger partial charge in [-0.25, -0.2) is 4.39 Å². The normalized spacial score (nSPS) is 14.8. The van der Waals surface area contributed by atoms with E-state index in [0.717, 1.165) is 5.56 Å². The van der Waals surface area contributed by atoms with Crippen molar-refractivity contribution in [1.82, 2.24) is 5.32 Å².